The Kier molecular flexibility index (Phi) is 4.88. The van der Waals surface area contributed by atoms with E-state index >= 15 is 0 Å². The van der Waals surface area contributed by atoms with Gasteiger partial charge in [0.1, 0.15) is 5.56 Å². The van der Waals surface area contributed by atoms with Crippen LogP contribution in [0.5, 0.6) is 0 Å². The van der Waals surface area contributed by atoms with Crippen molar-refractivity contribution in [3.8, 4) is 11.8 Å². The van der Waals surface area contributed by atoms with Crippen LogP contribution in [0.25, 0.3) is 0 Å². The molecule has 0 aliphatic heterocycles. The monoisotopic (exact) mass is 246 g/mol. The summed E-state index contributed by atoms with van der Waals surface area (Å²) in [5.74, 6) is 5.09. The van der Waals surface area contributed by atoms with Crippen LogP contribution in [0.15, 0.2) is 18.2 Å². The van der Waals surface area contributed by atoms with Gasteiger partial charge in [0.15, 0.2) is 0 Å². The van der Waals surface area contributed by atoms with Crippen LogP contribution in [0, 0.1) is 28.9 Å². The van der Waals surface area contributed by atoms with E-state index in [2.05, 4.69) is 17.2 Å². The first-order valence-corrected chi connectivity index (χ1v) is 5.49. The summed E-state index contributed by atoms with van der Waals surface area (Å²) >= 11 is 0. The summed E-state index contributed by atoms with van der Waals surface area (Å²) in [5.41, 5.74) is 0.532. The van der Waals surface area contributed by atoms with Crippen LogP contribution >= 0.6 is 0 Å². The highest BCUT2D eigenvalue weighted by Gasteiger charge is 2.21. The normalized spacial score (nSPS) is 9.22. The van der Waals surface area contributed by atoms with E-state index in [1.54, 1.807) is 26.0 Å². The van der Waals surface area contributed by atoms with Gasteiger partial charge in [0, 0.05) is 19.0 Å². The van der Waals surface area contributed by atoms with Crippen molar-refractivity contribution in [2.24, 2.45) is 0 Å². The number of aryl methyl sites for hydroxylation is 1. The van der Waals surface area contributed by atoms with Gasteiger partial charge in [-0.2, -0.15) is 0 Å². The number of amides is 1. The van der Waals surface area contributed by atoms with E-state index in [1.165, 1.54) is 6.07 Å². The molecule has 0 bridgehead atoms. The molecule has 1 N–H and O–H groups in total. The predicted molar refractivity (Wildman–Crippen MR) is 68.2 cm³/mol. The zero-order valence-corrected chi connectivity index (χ0v) is 10.3. The molecule has 0 atom stereocenters. The van der Waals surface area contributed by atoms with Gasteiger partial charge < -0.3 is 5.32 Å². The number of nitrogens with one attached hydrogen (secondary N) is 1. The highest BCUT2D eigenvalue weighted by molar-refractivity contribution is 5.99. The Balaban J connectivity index is 2.89. The molecule has 0 aliphatic rings. The van der Waals surface area contributed by atoms with Gasteiger partial charge >= 0.3 is 0 Å². The number of nitro benzene ring substituents is 1. The minimum absolute atomic E-state index is 0.118. The number of hydrogen-bond acceptors (Lipinski definition) is 3. The summed E-state index contributed by atoms with van der Waals surface area (Å²) in [4.78, 5) is 22.2. The van der Waals surface area contributed by atoms with Crippen LogP contribution in [0.2, 0.25) is 0 Å². The molecule has 0 heterocycles. The van der Waals surface area contributed by atoms with Crippen molar-refractivity contribution in [2.75, 3.05) is 6.54 Å². The maximum Gasteiger partial charge on any atom is 0.282 e. The number of rotatable bonds is 4. The Morgan fingerprint density at radius 2 is 2.22 bits per heavy atom. The van der Waals surface area contributed by atoms with Gasteiger partial charge in [0.25, 0.3) is 11.6 Å². The molecular formula is C13H14N2O3. The van der Waals surface area contributed by atoms with Crippen molar-refractivity contribution >= 4 is 11.6 Å². The molecule has 5 nitrogen and oxygen atoms in total. The van der Waals surface area contributed by atoms with E-state index in [4.69, 9.17) is 0 Å². The third-order valence-corrected chi connectivity index (χ3v) is 2.39. The highest BCUT2D eigenvalue weighted by atomic mass is 16.6. The fourth-order valence-electron chi connectivity index (χ4n) is 1.55. The Morgan fingerprint density at radius 3 is 2.83 bits per heavy atom. The SMILES string of the molecule is CC#CCCNC(=O)c1c(C)cccc1[N+](=O)[O-]. The molecule has 0 radical (unpaired) electrons. The van der Waals surface area contributed by atoms with Crippen molar-refractivity contribution < 1.29 is 9.72 Å². The second-order valence-electron chi connectivity index (χ2n) is 3.66. The van der Waals surface area contributed by atoms with Gasteiger partial charge in [0.05, 0.1) is 4.92 Å². The molecule has 0 fully saturated rings. The Labute approximate surface area is 105 Å². The minimum atomic E-state index is -0.548. The smallest absolute Gasteiger partial charge is 0.282 e. The van der Waals surface area contributed by atoms with Gasteiger partial charge in [-0.3, -0.25) is 14.9 Å². The number of carbonyl (C=O) groups excluding carboxylic acids is 1. The van der Waals surface area contributed by atoms with E-state index in [0.717, 1.165) is 0 Å². The summed E-state index contributed by atoms with van der Waals surface area (Å²) in [6.45, 7) is 3.77. The van der Waals surface area contributed by atoms with Crippen LogP contribution < -0.4 is 5.32 Å². The zero-order valence-electron chi connectivity index (χ0n) is 10.3. The van der Waals surface area contributed by atoms with Crippen LogP contribution in [0.4, 0.5) is 5.69 Å². The third kappa shape index (κ3) is 3.32. The van der Waals surface area contributed by atoms with Gasteiger partial charge in [-0.1, -0.05) is 12.1 Å². The molecule has 1 rings (SSSR count). The average molecular weight is 246 g/mol. The van der Waals surface area contributed by atoms with Crippen LogP contribution in [0.1, 0.15) is 29.3 Å². The van der Waals surface area contributed by atoms with E-state index in [1.807, 2.05) is 0 Å². The molecule has 1 aromatic rings. The van der Waals surface area contributed by atoms with Gasteiger partial charge in [-0.15, -0.1) is 11.8 Å². The van der Waals surface area contributed by atoms with Crippen molar-refractivity contribution in [3.63, 3.8) is 0 Å². The Hall–Kier alpha value is -2.35. The average Bonchev–Trinajstić information content (AvgIpc) is 2.34. The van der Waals surface area contributed by atoms with E-state index in [9.17, 15) is 14.9 Å². The number of carbonyl (C=O) groups is 1. The molecular weight excluding hydrogens is 232 g/mol. The molecule has 18 heavy (non-hydrogen) atoms. The van der Waals surface area contributed by atoms with Crippen molar-refractivity contribution in [1.29, 1.82) is 0 Å². The summed E-state index contributed by atoms with van der Waals surface area (Å²) in [7, 11) is 0. The number of nitro groups is 1. The van der Waals surface area contributed by atoms with E-state index < -0.39 is 10.8 Å². The fraction of sp³-hybridized carbons (Fsp3) is 0.308. The van der Waals surface area contributed by atoms with Gasteiger partial charge in [-0.05, 0) is 19.4 Å². The predicted octanol–water partition coefficient (Wildman–Crippen LogP) is 2.05. The van der Waals surface area contributed by atoms with Gasteiger partial charge in [0.2, 0.25) is 0 Å². The Bertz CT molecular complexity index is 527. The van der Waals surface area contributed by atoms with Crippen LogP contribution in [-0.2, 0) is 0 Å². The lowest BCUT2D eigenvalue weighted by molar-refractivity contribution is -0.385. The van der Waals surface area contributed by atoms with Crippen molar-refractivity contribution in [1.82, 2.24) is 5.32 Å². The number of nitrogens with zero attached hydrogens (tertiary/aromatic N) is 1. The molecule has 0 aliphatic carbocycles. The molecule has 5 heteroatoms. The van der Waals surface area contributed by atoms with Gasteiger partial charge in [-0.25, -0.2) is 0 Å². The molecule has 1 amide bonds. The molecule has 0 aromatic heterocycles. The summed E-state index contributed by atoms with van der Waals surface area (Å²) < 4.78 is 0. The lowest BCUT2D eigenvalue weighted by atomic mass is 10.1. The van der Waals surface area contributed by atoms with E-state index in [-0.39, 0.29) is 11.3 Å². The first kappa shape index (κ1) is 13.7. The largest absolute Gasteiger partial charge is 0.351 e. The molecule has 0 saturated heterocycles. The Morgan fingerprint density at radius 1 is 1.50 bits per heavy atom. The quantitative estimate of drug-likeness (QED) is 0.382. The van der Waals surface area contributed by atoms with Crippen molar-refractivity contribution in [3.05, 3.63) is 39.4 Å². The fourth-order valence-corrected chi connectivity index (χ4v) is 1.55. The molecule has 0 spiro atoms. The van der Waals surface area contributed by atoms with Crippen LogP contribution in [0.3, 0.4) is 0 Å². The summed E-state index contributed by atoms with van der Waals surface area (Å²) in [6, 6.07) is 4.56. The first-order valence-electron chi connectivity index (χ1n) is 5.49. The second-order valence-corrected chi connectivity index (χ2v) is 3.66. The maximum absolute atomic E-state index is 11.9. The topological polar surface area (TPSA) is 72.2 Å². The van der Waals surface area contributed by atoms with Crippen molar-refractivity contribution in [2.45, 2.75) is 20.3 Å². The van der Waals surface area contributed by atoms with E-state index in [0.29, 0.717) is 18.5 Å². The molecule has 0 unspecified atom stereocenters. The third-order valence-electron chi connectivity index (χ3n) is 2.39. The highest BCUT2D eigenvalue weighted by Crippen LogP contribution is 2.21. The second kappa shape index (κ2) is 6.40. The summed E-state index contributed by atoms with van der Waals surface area (Å²) in [6.07, 6.45) is 0.530. The minimum Gasteiger partial charge on any atom is -0.351 e. The molecule has 0 saturated carbocycles. The summed E-state index contributed by atoms with van der Waals surface area (Å²) in [5, 5.41) is 13.5. The first-order chi connectivity index (χ1) is 8.57. The van der Waals surface area contributed by atoms with Crippen LogP contribution in [-0.4, -0.2) is 17.4 Å². The standard InChI is InChI=1S/C13H14N2O3/c1-3-4-5-9-14-13(16)12-10(2)7-6-8-11(12)15(17)18/h6-8H,5,9H2,1-2H3,(H,14,16). The zero-order chi connectivity index (χ0) is 13.5. The number of hydrogen-bond donors (Lipinski definition) is 1. The lowest BCUT2D eigenvalue weighted by Gasteiger charge is -2.06. The maximum atomic E-state index is 11.9. The lowest BCUT2D eigenvalue weighted by Crippen LogP contribution is -2.25. The number of benzene rings is 1. The molecule has 1 aromatic carbocycles. The molecule has 94 valence electrons.